The lowest BCUT2D eigenvalue weighted by atomic mass is 10.1. The summed E-state index contributed by atoms with van der Waals surface area (Å²) < 4.78 is 44.0. The summed E-state index contributed by atoms with van der Waals surface area (Å²) in [7, 11) is -2.47. The van der Waals surface area contributed by atoms with Gasteiger partial charge >= 0.3 is 7.60 Å². The van der Waals surface area contributed by atoms with E-state index in [4.69, 9.17) is 13.8 Å². The van der Waals surface area contributed by atoms with E-state index in [-0.39, 0.29) is 28.9 Å². The molecule has 1 fully saturated rings. The first-order valence-corrected chi connectivity index (χ1v) is 11.1. The minimum absolute atomic E-state index is 0.0226. The van der Waals surface area contributed by atoms with Gasteiger partial charge in [0, 0.05) is 19.7 Å². The summed E-state index contributed by atoms with van der Waals surface area (Å²) in [6, 6.07) is 0. The topological polar surface area (TPSA) is 158 Å². The molecule has 0 aromatic carbocycles. The van der Waals surface area contributed by atoms with Crippen LogP contribution >= 0.6 is 7.60 Å². The lowest BCUT2D eigenvalue weighted by Crippen LogP contribution is -2.31. The van der Waals surface area contributed by atoms with Crippen molar-refractivity contribution in [1.29, 1.82) is 0 Å². The van der Waals surface area contributed by atoms with Gasteiger partial charge in [-0.3, -0.25) is 33.5 Å². The molecule has 30 heavy (non-hydrogen) atoms. The van der Waals surface area contributed by atoms with Crippen LogP contribution in [0, 0.1) is 5.92 Å². The number of hydrogen-bond acceptors (Lipinski definition) is 9. The number of fused-ring (bicyclic) bond motifs is 1. The summed E-state index contributed by atoms with van der Waals surface area (Å²) in [5, 5.41) is 11.9. The molecular weight excluding hydrogens is 424 g/mol. The van der Waals surface area contributed by atoms with Crippen molar-refractivity contribution < 1.29 is 32.6 Å². The van der Waals surface area contributed by atoms with Gasteiger partial charge in [0.1, 0.15) is 12.2 Å². The smallest absolute Gasteiger partial charge is 0.327 e. The van der Waals surface area contributed by atoms with E-state index in [0.29, 0.717) is 0 Å². The number of imidazole rings is 1. The number of H-pyrrole nitrogens is 1. The number of aromatic nitrogens is 4. The number of carbonyl (C=O) groups excluding carboxylic acids is 1. The first-order valence-electron chi connectivity index (χ1n) is 9.07. The SMILES string of the molecule is COP(C)(=O)OC1C(F)C(CO)OC1n1cnc2c(=O)[nH]c(NC(=O)C(C)C)nc21. The molecule has 1 saturated heterocycles. The van der Waals surface area contributed by atoms with E-state index in [1.165, 1.54) is 10.9 Å². The fourth-order valence-electron chi connectivity index (χ4n) is 2.87. The van der Waals surface area contributed by atoms with Gasteiger partial charge in [0.05, 0.1) is 12.9 Å². The first kappa shape index (κ1) is 22.5. The number of halogens is 1. The monoisotopic (exact) mass is 447 g/mol. The molecule has 5 unspecified atom stereocenters. The summed E-state index contributed by atoms with van der Waals surface area (Å²) in [6.45, 7) is 3.84. The largest absolute Gasteiger partial charge is 0.394 e. The lowest BCUT2D eigenvalue weighted by Gasteiger charge is -2.23. The van der Waals surface area contributed by atoms with Gasteiger partial charge < -0.3 is 14.4 Å². The van der Waals surface area contributed by atoms with Gasteiger partial charge in [-0.15, -0.1) is 0 Å². The van der Waals surface area contributed by atoms with Crippen LogP contribution in [0.25, 0.3) is 11.2 Å². The highest BCUT2D eigenvalue weighted by Gasteiger charge is 2.49. The molecular formula is C16H23FN5O7P. The van der Waals surface area contributed by atoms with Gasteiger partial charge in [-0.05, 0) is 0 Å². The molecule has 3 rings (SSSR count). The number of aliphatic hydroxyl groups excluding tert-OH is 1. The molecule has 2 aromatic heterocycles. The zero-order valence-corrected chi connectivity index (χ0v) is 17.6. The fraction of sp³-hybridized carbons (Fsp3) is 0.625. The van der Waals surface area contributed by atoms with Gasteiger partial charge in [0.25, 0.3) is 5.56 Å². The van der Waals surface area contributed by atoms with Gasteiger partial charge in [0.15, 0.2) is 23.6 Å². The standard InChI is InChI=1S/C16H23FN5O7P/c1-7(2)13(24)20-16-19-12-10(14(25)21-16)18-6-22(12)15-11(29-30(4,26)27-3)9(17)8(5-23)28-15/h6-9,11,15,23H,5H2,1-4H3,(H2,19,20,21,24,25). The van der Waals surface area contributed by atoms with E-state index >= 15 is 0 Å². The molecule has 1 aliphatic rings. The molecule has 1 aliphatic heterocycles. The zero-order valence-electron chi connectivity index (χ0n) is 16.7. The van der Waals surface area contributed by atoms with E-state index < -0.39 is 44.4 Å². The summed E-state index contributed by atoms with van der Waals surface area (Å²) in [5.41, 5.74) is -0.749. The minimum atomic E-state index is -3.63. The number of hydrogen-bond donors (Lipinski definition) is 3. The van der Waals surface area contributed by atoms with Gasteiger partial charge in [-0.2, -0.15) is 4.98 Å². The van der Waals surface area contributed by atoms with Crippen molar-refractivity contribution in [2.45, 2.75) is 38.5 Å². The number of carbonyl (C=O) groups is 1. The molecule has 12 nitrogen and oxygen atoms in total. The maximum absolute atomic E-state index is 14.8. The Labute approximate surface area is 170 Å². The van der Waals surface area contributed by atoms with Gasteiger partial charge in [0.2, 0.25) is 11.9 Å². The molecule has 0 spiro atoms. The minimum Gasteiger partial charge on any atom is -0.394 e. The van der Waals surface area contributed by atoms with E-state index in [0.717, 1.165) is 13.8 Å². The van der Waals surface area contributed by atoms with Crippen LogP contribution in [0.3, 0.4) is 0 Å². The average Bonchev–Trinajstić information content (AvgIpc) is 3.23. The molecule has 0 bridgehead atoms. The van der Waals surface area contributed by atoms with Crippen LogP contribution in [0.1, 0.15) is 20.1 Å². The number of aromatic amines is 1. The highest BCUT2D eigenvalue weighted by molar-refractivity contribution is 7.52. The number of amides is 1. The second kappa shape index (κ2) is 8.52. The number of alkyl halides is 1. The number of nitrogens with zero attached hydrogens (tertiary/aromatic N) is 3. The van der Waals surface area contributed by atoms with Crippen LogP contribution in [0.5, 0.6) is 0 Å². The Bertz CT molecular complexity index is 1040. The van der Waals surface area contributed by atoms with E-state index in [2.05, 4.69) is 20.3 Å². The van der Waals surface area contributed by atoms with Crippen LogP contribution in [0.15, 0.2) is 11.1 Å². The second-order valence-corrected chi connectivity index (χ2v) is 9.22. The van der Waals surface area contributed by atoms with Crippen molar-refractivity contribution >= 4 is 30.6 Å². The quantitative estimate of drug-likeness (QED) is 0.522. The average molecular weight is 447 g/mol. The van der Waals surface area contributed by atoms with Crippen LogP contribution in [0.2, 0.25) is 0 Å². The normalized spacial score (nSPS) is 26.2. The number of aliphatic hydroxyl groups is 1. The molecule has 2 aromatic rings. The molecule has 0 aliphatic carbocycles. The van der Waals surface area contributed by atoms with Crippen molar-refractivity contribution in [2.75, 3.05) is 25.7 Å². The first-order chi connectivity index (χ1) is 14.1. The third kappa shape index (κ3) is 4.30. The van der Waals surface area contributed by atoms with Crippen LogP contribution in [-0.4, -0.2) is 69.3 Å². The maximum Gasteiger partial charge on any atom is 0.327 e. The molecule has 1 amide bonds. The maximum atomic E-state index is 14.8. The Kier molecular flexibility index (Phi) is 6.39. The number of nitrogens with one attached hydrogen (secondary N) is 2. The van der Waals surface area contributed by atoms with E-state index in [1.54, 1.807) is 13.8 Å². The Balaban J connectivity index is 2.05. The molecule has 166 valence electrons. The second-order valence-electron chi connectivity index (χ2n) is 7.10. The zero-order chi connectivity index (χ0) is 22.2. The highest BCUT2D eigenvalue weighted by atomic mass is 31.2. The Morgan fingerprint density at radius 2 is 2.23 bits per heavy atom. The summed E-state index contributed by atoms with van der Waals surface area (Å²) in [5.74, 6) is -0.868. The predicted molar refractivity (Wildman–Crippen MR) is 103 cm³/mol. The van der Waals surface area contributed by atoms with E-state index in [9.17, 15) is 23.7 Å². The van der Waals surface area contributed by atoms with Crippen molar-refractivity contribution in [2.24, 2.45) is 5.92 Å². The molecule has 5 atom stereocenters. The summed E-state index contributed by atoms with van der Waals surface area (Å²) >= 11 is 0. The molecule has 0 radical (unpaired) electrons. The molecule has 3 N–H and O–H groups in total. The van der Waals surface area contributed by atoms with E-state index in [1.807, 2.05) is 0 Å². The van der Waals surface area contributed by atoms with Crippen molar-refractivity contribution in [1.82, 2.24) is 19.5 Å². The van der Waals surface area contributed by atoms with Crippen molar-refractivity contribution in [3.63, 3.8) is 0 Å². The lowest BCUT2D eigenvalue weighted by molar-refractivity contribution is -0.118. The third-order valence-corrected chi connectivity index (χ3v) is 5.85. The van der Waals surface area contributed by atoms with Crippen LogP contribution < -0.4 is 10.9 Å². The molecule has 0 saturated carbocycles. The van der Waals surface area contributed by atoms with Gasteiger partial charge in [-0.25, -0.2) is 9.37 Å². The summed E-state index contributed by atoms with van der Waals surface area (Å²) in [6.07, 6.45) is -4.62. The van der Waals surface area contributed by atoms with Crippen molar-refractivity contribution in [3.8, 4) is 0 Å². The number of ether oxygens (including phenoxy) is 1. The number of rotatable bonds is 7. The van der Waals surface area contributed by atoms with Gasteiger partial charge in [-0.1, -0.05) is 13.8 Å². The predicted octanol–water partition coefficient (Wildman–Crippen LogP) is 0.796. The van der Waals surface area contributed by atoms with Crippen molar-refractivity contribution in [3.05, 3.63) is 16.7 Å². The Hall–Kier alpha value is -2.18. The summed E-state index contributed by atoms with van der Waals surface area (Å²) in [4.78, 5) is 34.8. The Morgan fingerprint density at radius 3 is 2.83 bits per heavy atom. The van der Waals surface area contributed by atoms with Crippen LogP contribution in [0.4, 0.5) is 10.3 Å². The highest BCUT2D eigenvalue weighted by Crippen LogP contribution is 2.49. The third-order valence-electron chi connectivity index (χ3n) is 4.56. The molecule has 14 heteroatoms. The Morgan fingerprint density at radius 1 is 1.53 bits per heavy atom. The fourth-order valence-corrected chi connectivity index (χ4v) is 3.62. The molecule has 3 heterocycles. The number of anilines is 1. The van der Waals surface area contributed by atoms with Crippen LogP contribution in [-0.2, 0) is 23.1 Å².